The van der Waals surface area contributed by atoms with Crippen LogP contribution >= 0.6 is 12.4 Å². The zero-order chi connectivity index (χ0) is 11.4. The monoisotopic (exact) mass is 250 g/mol. The van der Waals surface area contributed by atoms with Gasteiger partial charge in [-0.25, -0.2) is 0 Å². The number of likely N-dealkylation sites (tertiary alicyclic amines) is 1. The molecule has 0 saturated carbocycles. The zero-order valence-corrected chi connectivity index (χ0v) is 11.1. The maximum atomic E-state index is 12.0. The largest absolute Gasteiger partial charge is 0.372 e. The van der Waals surface area contributed by atoms with Crippen molar-refractivity contribution in [2.75, 3.05) is 13.7 Å². The molecule has 0 aliphatic carbocycles. The molecule has 2 N–H and O–H groups in total. The van der Waals surface area contributed by atoms with Crippen LogP contribution in [-0.2, 0) is 9.53 Å². The first kappa shape index (κ1) is 15.7. The second kappa shape index (κ2) is 7.09. The van der Waals surface area contributed by atoms with Gasteiger partial charge < -0.3 is 15.4 Å². The molecule has 0 spiro atoms. The fourth-order valence-corrected chi connectivity index (χ4v) is 2.11. The minimum atomic E-state index is -0.357. The lowest BCUT2D eigenvalue weighted by Gasteiger charge is -2.39. The van der Waals surface area contributed by atoms with E-state index < -0.39 is 0 Å². The number of nitrogens with zero attached hydrogens (tertiary/aromatic N) is 1. The molecule has 0 bridgehead atoms. The summed E-state index contributed by atoms with van der Waals surface area (Å²) in [6.45, 7) is 4.57. The number of methoxy groups -OCH3 is 1. The molecule has 1 rings (SSSR count). The molecule has 1 aliphatic rings. The number of carbonyl (C=O) groups excluding carboxylic acids is 1. The molecule has 5 heteroatoms. The van der Waals surface area contributed by atoms with Crippen molar-refractivity contribution in [1.82, 2.24) is 4.90 Å². The van der Waals surface area contributed by atoms with Gasteiger partial charge in [-0.05, 0) is 33.1 Å². The number of piperidine rings is 1. The third-order valence-corrected chi connectivity index (χ3v) is 3.14. The normalized spacial score (nSPS) is 24.5. The molecule has 3 atom stereocenters. The minimum absolute atomic E-state index is 0. The van der Waals surface area contributed by atoms with E-state index in [0.717, 1.165) is 25.8 Å². The Morgan fingerprint density at radius 1 is 1.44 bits per heavy atom. The summed E-state index contributed by atoms with van der Waals surface area (Å²) in [5, 5.41) is 0. The number of rotatable bonds is 3. The highest BCUT2D eigenvalue weighted by atomic mass is 35.5. The van der Waals surface area contributed by atoms with Crippen LogP contribution in [0.2, 0.25) is 0 Å². The van der Waals surface area contributed by atoms with Gasteiger partial charge >= 0.3 is 0 Å². The molecule has 96 valence electrons. The zero-order valence-electron chi connectivity index (χ0n) is 10.3. The van der Waals surface area contributed by atoms with Crippen molar-refractivity contribution < 1.29 is 9.53 Å². The van der Waals surface area contributed by atoms with E-state index in [4.69, 9.17) is 10.5 Å². The topological polar surface area (TPSA) is 55.6 Å². The van der Waals surface area contributed by atoms with Gasteiger partial charge in [-0.2, -0.15) is 0 Å². The summed E-state index contributed by atoms with van der Waals surface area (Å²) in [6, 6.07) is 0.224. The van der Waals surface area contributed by atoms with Crippen LogP contribution in [0.3, 0.4) is 0 Å². The Morgan fingerprint density at radius 2 is 2.06 bits per heavy atom. The summed E-state index contributed by atoms with van der Waals surface area (Å²) in [5.41, 5.74) is 5.90. The first-order valence-electron chi connectivity index (χ1n) is 5.66. The quantitative estimate of drug-likeness (QED) is 0.818. The summed E-state index contributed by atoms with van der Waals surface area (Å²) in [6.07, 6.45) is 2.90. The number of nitrogens with two attached hydrogens (primary N) is 1. The number of hydrogen-bond donors (Lipinski definition) is 1. The number of carbonyl (C=O) groups is 1. The van der Waals surface area contributed by atoms with E-state index in [2.05, 4.69) is 0 Å². The Balaban J connectivity index is 0.00000225. The Bertz CT molecular complexity index is 224. The lowest BCUT2D eigenvalue weighted by atomic mass is 9.96. The van der Waals surface area contributed by atoms with Gasteiger partial charge in [0.15, 0.2) is 0 Å². The summed E-state index contributed by atoms with van der Waals surface area (Å²) < 4.78 is 5.06. The molecule has 0 aromatic carbocycles. The molecular formula is C11H23ClN2O2. The van der Waals surface area contributed by atoms with Crippen molar-refractivity contribution in [3.8, 4) is 0 Å². The van der Waals surface area contributed by atoms with E-state index in [1.165, 1.54) is 0 Å². The molecule has 0 radical (unpaired) electrons. The van der Waals surface area contributed by atoms with E-state index in [1.807, 2.05) is 11.8 Å². The number of halogens is 1. The average Bonchev–Trinajstić information content (AvgIpc) is 2.27. The van der Waals surface area contributed by atoms with E-state index in [-0.39, 0.29) is 36.5 Å². The Kier molecular flexibility index (Phi) is 6.95. The highest BCUT2D eigenvalue weighted by Crippen LogP contribution is 2.20. The van der Waals surface area contributed by atoms with Gasteiger partial charge in [-0.1, -0.05) is 0 Å². The van der Waals surface area contributed by atoms with Gasteiger partial charge in [0.05, 0.1) is 0 Å². The first-order chi connectivity index (χ1) is 7.07. The molecule has 1 aliphatic heterocycles. The molecular weight excluding hydrogens is 228 g/mol. The smallest absolute Gasteiger partial charge is 0.251 e. The molecule has 1 amide bonds. The average molecular weight is 251 g/mol. The highest BCUT2D eigenvalue weighted by molar-refractivity contribution is 5.85. The third kappa shape index (κ3) is 3.61. The van der Waals surface area contributed by atoms with Crippen molar-refractivity contribution in [3.63, 3.8) is 0 Å². The van der Waals surface area contributed by atoms with E-state index in [0.29, 0.717) is 0 Å². The van der Waals surface area contributed by atoms with Gasteiger partial charge in [0.1, 0.15) is 6.10 Å². The molecule has 1 fully saturated rings. The number of ether oxygens (including phenoxy) is 1. The second-order valence-corrected chi connectivity index (χ2v) is 4.33. The standard InChI is InChI=1S/C11H22N2O2.ClH/c1-8(12)10-6-4-5-7-13(10)11(14)9(2)15-3;/h8-10H,4-7,12H2,1-3H3;1H. The number of hydrogen-bond acceptors (Lipinski definition) is 3. The predicted molar refractivity (Wildman–Crippen MR) is 66.7 cm³/mol. The molecule has 3 unspecified atom stereocenters. The number of amides is 1. The van der Waals surface area contributed by atoms with Crippen LogP contribution in [0.1, 0.15) is 33.1 Å². The van der Waals surface area contributed by atoms with E-state index in [9.17, 15) is 4.79 Å². The van der Waals surface area contributed by atoms with Crippen LogP contribution in [0.4, 0.5) is 0 Å². The van der Waals surface area contributed by atoms with Gasteiger partial charge in [0, 0.05) is 25.7 Å². The molecule has 4 nitrogen and oxygen atoms in total. The summed E-state index contributed by atoms with van der Waals surface area (Å²) >= 11 is 0. The van der Waals surface area contributed by atoms with Gasteiger partial charge in [-0.15, -0.1) is 12.4 Å². The lowest BCUT2D eigenvalue weighted by Crippen LogP contribution is -2.54. The maximum absolute atomic E-state index is 12.0. The second-order valence-electron chi connectivity index (χ2n) is 4.33. The van der Waals surface area contributed by atoms with Crippen molar-refractivity contribution in [2.24, 2.45) is 5.73 Å². The first-order valence-corrected chi connectivity index (χ1v) is 5.66. The van der Waals surface area contributed by atoms with Crippen LogP contribution < -0.4 is 5.73 Å². The van der Waals surface area contributed by atoms with E-state index >= 15 is 0 Å². The summed E-state index contributed by atoms with van der Waals surface area (Å²) in [4.78, 5) is 13.9. The maximum Gasteiger partial charge on any atom is 0.251 e. The van der Waals surface area contributed by atoms with Crippen LogP contribution in [0.25, 0.3) is 0 Å². The van der Waals surface area contributed by atoms with Crippen LogP contribution in [0.15, 0.2) is 0 Å². The fourth-order valence-electron chi connectivity index (χ4n) is 2.11. The molecule has 16 heavy (non-hydrogen) atoms. The summed E-state index contributed by atoms with van der Waals surface area (Å²) in [5.74, 6) is 0.0690. The Morgan fingerprint density at radius 3 is 2.56 bits per heavy atom. The van der Waals surface area contributed by atoms with Crippen molar-refractivity contribution in [3.05, 3.63) is 0 Å². The highest BCUT2D eigenvalue weighted by Gasteiger charge is 2.31. The third-order valence-electron chi connectivity index (χ3n) is 3.14. The molecule has 0 aromatic rings. The van der Waals surface area contributed by atoms with Gasteiger partial charge in [0.2, 0.25) is 0 Å². The van der Waals surface area contributed by atoms with E-state index in [1.54, 1.807) is 14.0 Å². The van der Waals surface area contributed by atoms with Crippen molar-refractivity contribution in [1.29, 1.82) is 0 Å². The Hall–Kier alpha value is -0.320. The SMILES string of the molecule is COC(C)C(=O)N1CCCCC1C(C)N.Cl. The summed E-state index contributed by atoms with van der Waals surface area (Å²) in [7, 11) is 1.56. The van der Waals surface area contributed by atoms with Crippen LogP contribution in [0.5, 0.6) is 0 Å². The van der Waals surface area contributed by atoms with Crippen LogP contribution in [-0.4, -0.2) is 42.6 Å². The van der Waals surface area contributed by atoms with Gasteiger partial charge in [0.25, 0.3) is 5.91 Å². The van der Waals surface area contributed by atoms with Crippen LogP contribution in [0, 0.1) is 0 Å². The Labute approximate surface area is 104 Å². The predicted octanol–water partition coefficient (Wildman–Crippen LogP) is 1.17. The van der Waals surface area contributed by atoms with Crippen molar-refractivity contribution >= 4 is 18.3 Å². The van der Waals surface area contributed by atoms with Crippen molar-refractivity contribution in [2.45, 2.75) is 51.3 Å². The minimum Gasteiger partial charge on any atom is -0.372 e. The van der Waals surface area contributed by atoms with Gasteiger partial charge in [-0.3, -0.25) is 4.79 Å². The lowest BCUT2D eigenvalue weighted by molar-refractivity contribution is -0.145. The fraction of sp³-hybridized carbons (Fsp3) is 0.909. The molecule has 0 aromatic heterocycles. The molecule has 1 saturated heterocycles. The molecule has 1 heterocycles.